The van der Waals surface area contributed by atoms with Crippen LogP contribution < -0.4 is 5.32 Å². The molecule has 0 bridgehead atoms. The monoisotopic (exact) mass is 738 g/mol. The number of aliphatic hydroxyl groups is 1. The Kier molecular flexibility index (Phi) is 37.2. The number of carbonyl (C=O) groups is 1. The molecule has 0 aromatic heterocycles. The second kappa shape index (κ2) is 38.3. The van der Waals surface area contributed by atoms with Crippen LogP contribution in [-0.2, 0) is 14.9 Å². The highest BCUT2D eigenvalue weighted by molar-refractivity contribution is 7.85. The first kappa shape index (κ1) is 49.6. The fraction of sp³-hybridized carbons (Fsp3) is 0.841. The molecule has 0 aliphatic rings. The van der Waals surface area contributed by atoms with Crippen LogP contribution in [0.1, 0.15) is 219 Å². The van der Waals surface area contributed by atoms with Crippen molar-refractivity contribution in [3.05, 3.63) is 36.5 Å². The van der Waals surface area contributed by atoms with Gasteiger partial charge in [0.1, 0.15) is 0 Å². The summed E-state index contributed by atoms with van der Waals surface area (Å²) in [6.45, 7) is 4.53. The predicted octanol–water partition coefficient (Wildman–Crippen LogP) is 12.9. The molecule has 2 atom stereocenters. The lowest BCUT2D eigenvalue weighted by atomic mass is 10.0. The summed E-state index contributed by atoms with van der Waals surface area (Å²) < 4.78 is 32.5. The SMILES string of the molecule is CCCCCCCCCCCC/C=C/CC/C=C/CC/C=C/C(O)C(CS(=O)(=O)O)NC(=O)CCCCCCCCCCCCCCCCCC. The molecule has 0 rings (SSSR count). The third-order valence-corrected chi connectivity index (χ3v) is 10.6. The third-order valence-electron chi connectivity index (χ3n) is 9.80. The highest BCUT2D eigenvalue weighted by Gasteiger charge is 2.24. The van der Waals surface area contributed by atoms with Crippen LogP contribution in [0.4, 0.5) is 0 Å². The Morgan fingerprint density at radius 3 is 1.24 bits per heavy atom. The normalized spacial score (nSPS) is 13.6. The predicted molar refractivity (Wildman–Crippen MR) is 221 cm³/mol. The minimum atomic E-state index is -4.36. The smallest absolute Gasteiger partial charge is 0.267 e. The van der Waals surface area contributed by atoms with Gasteiger partial charge in [-0.1, -0.05) is 204 Å². The van der Waals surface area contributed by atoms with E-state index in [1.165, 1.54) is 160 Å². The van der Waals surface area contributed by atoms with Crippen molar-refractivity contribution in [2.75, 3.05) is 5.75 Å². The maximum absolute atomic E-state index is 12.5. The molecule has 7 heteroatoms. The van der Waals surface area contributed by atoms with E-state index in [0.717, 1.165) is 38.5 Å². The van der Waals surface area contributed by atoms with E-state index in [0.29, 0.717) is 6.42 Å². The summed E-state index contributed by atoms with van der Waals surface area (Å²) in [5, 5.41) is 13.2. The fourth-order valence-corrected chi connectivity index (χ4v) is 7.28. The van der Waals surface area contributed by atoms with Gasteiger partial charge < -0.3 is 10.4 Å². The van der Waals surface area contributed by atoms with Crippen LogP contribution in [0.2, 0.25) is 0 Å². The van der Waals surface area contributed by atoms with Crippen molar-refractivity contribution < 1.29 is 22.9 Å². The van der Waals surface area contributed by atoms with Crippen molar-refractivity contribution in [1.82, 2.24) is 5.32 Å². The molecule has 51 heavy (non-hydrogen) atoms. The Bertz CT molecular complexity index is 945. The summed E-state index contributed by atoms with van der Waals surface area (Å²) in [7, 11) is -4.36. The molecular weight excluding hydrogens is 655 g/mol. The number of unbranched alkanes of at least 4 members (excludes halogenated alkanes) is 27. The van der Waals surface area contributed by atoms with Gasteiger partial charge in [-0.3, -0.25) is 9.35 Å². The van der Waals surface area contributed by atoms with E-state index in [2.05, 4.69) is 43.5 Å². The second-order valence-corrected chi connectivity index (χ2v) is 16.5. The number of nitrogens with one attached hydrogen (secondary N) is 1. The van der Waals surface area contributed by atoms with E-state index in [1.807, 2.05) is 0 Å². The molecule has 0 aromatic carbocycles. The van der Waals surface area contributed by atoms with Gasteiger partial charge in [-0.15, -0.1) is 0 Å². The Hall–Kier alpha value is -1.44. The number of rotatable bonds is 39. The highest BCUT2D eigenvalue weighted by atomic mass is 32.2. The molecular formula is C44H83NO5S. The van der Waals surface area contributed by atoms with Gasteiger partial charge in [-0.05, 0) is 44.9 Å². The summed E-state index contributed by atoms with van der Waals surface area (Å²) in [6, 6.07) is -1.08. The fourth-order valence-electron chi connectivity index (χ4n) is 6.54. The third kappa shape index (κ3) is 39.6. The van der Waals surface area contributed by atoms with Gasteiger partial charge >= 0.3 is 0 Å². The van der Waals surface area contributed by atoms with Crippen LogP contribution in [0.5, 0.6) is 0 Å². The van der Waals surface area contributed by atoms with Crippen molar-refractivity contribution in [3.63, 3.8) is 0 Å². The Morgan fingerprint density at radius 1 is 0.510 bits per heavy atom. The summed E-state index contributed by atoms with van der Waals surface area (Å²) in [5.41, 5.74) is 0. The summed E-state index contributed by atoms with van der Waals surface area (Å²) in [5.74, 6) is -1.00. The summed E-state index contributed by atoms with van der Waals surface area (Å²) >= 11 is 0. The van der Waals surface area contributed by atoms with E-state index >= 15 is 0 Å². The number of aliphatic hydroxyl groups excluding tert-OH is 1. The summed E-state index contributed by atoms with van der Waals surface area (Å²) in [6.07, 6.45) is 49.9. The van der Waals surface area contributed by atoms with Gasteiger partial charge in [0.05, 0.1) is 17.9 Å². The molecule has 0 spiro atoms. The van der Waals surface area contributed by atoms with Gasteiger partial charge in [0.15, 0.2) is 0 Å². The van der Waals surface area contributed by atoms with Crippen LogP contribution in [0.3, 0.4) is 0 Å². The lowest BCUT2D eigenvalue weighted by molar-refractivity contribution is -0.122. The molecule has 2 unspecified atom stereocenters. The van der Waals surface area contributed by atoms with Gasteiger partial charge in [-0.2, -0.15) is 8.42 Å². The Morgan fingerprint density at radius 2 is 0.843 bits per heavy atom. The molecule has 0 saturated carbocycles. The molecule has 0 saturated heterocycles. The molecule has 6 nitrogen and oxygen atoms in total. The minimum Gasteiger partial charge on any atom is -0.387 e. The highest BCUT2D eigenvalue weighted by Crippen LogP contribution is 2.15. The first-order valence-corrected chi connectivity index (χ1v) is 23.3. The first-order chi connectivity index (χ1) is 24.8. The van der Waals surface area contributed by atoms with Gasteiger partial charge in [-0.25, -0.2) is 0 Å². The first-order valence-electron chi connectivity index (χ1n) is 21.7. The molecule has 0 aromatic rings. The van der Waals surface area contributed by atoms with Gasteiger partial charge in [0, 0.05) is 6.42 Å². The van der Waals surface area contributed by atoms with Crippen molar-refractivity contribution >= 4 is 16.0 Å². The lowest BCUT2D eigenvalue weighted by Gasteiger charge is -2.21. The zero-order valence-electron chi connectivity index (χ0n) is 33.5. The number of amides is 1. The molecule has 0 heterocycles. The molecule has 0 aliphatic heterocycles. The average molecular weight is 738 g/mol. The van der Waals surface area contributed by atoms with Gasteiger partial charge in [0.25, 0.3) is 10.1 Å². The second-order valence-electron chi connectivity index (χ2n) is 15.0. The van der Waals surface area contributed by atoms with Crippen molar-refractivity contribution in [2.24, 2.45) is 0 Å². The number of allylic oxidation sites excluding steroid dienone is 5. The minimum absolute atomic E-state index is 0.288. The average Bonchev–Trinajstić information content (AvgIpc) is 3.09. The standard InChI is InChI=1S/C44H83NO5S/c1-3-5-7-9-11-13-15-17-19-21-22-23-24-25-27-29-31-33-35-37-39-43(46)42(41-51(48,49)50)45-44(47)40-38-36-34-32-30-28-26-20-18-16-14-12-10-8-6-4-2/h23-24,29,31,37,39,42-43,46H,3-22,25-28,30,32-36,38,40-41H2,1-2H3,(H,45,47)(H,48,49,50)/b24-23+,31-29+,39-37+. The Balaban J connectivity index is 3.96. The molecule has 0 fully saturated rings. The molecule has 1 amide bonds. The van der Waals surface area contributed by atoms with Crippen molar-refractivity contribution in [3.8, 4) is 0 Å². The maximum Gasteiger partial charge on any atom is 0.267 e. The quantitative estimate of drug-likeness (QED) is 0.0331. The van der Waals surface area contributed by atoms with Crippen molar-refractivity contribution in [1.29, 1.82) is 0 Å². The van der Waals surface area contributed by atoms with Crippen molar-refractivity contribution in [2.45, 2.75) is 231 Å². The largest absolute Gasteiger partial charge is 0.387 e. The topological polar surface area (TPSA) is 104 Å². The zero-order valence-corrected chi connectivity index (χ0v) is 34.3. The molecule has 0 radical (unpaired) electrons. The zero-order chi connectivity index (χ0) is 37.5. The Labute approximate surface area is 316 Å². The van der Waals surface area contributed by atoms with Crippen LogP contribution in [0.25, 0.3) is 0 Å². The molecule has 0 aliphatic carbocycles. The van der Waals surface area contributed by atoms with E-state index in [1.54, 1.807) is 6.08 Å². The maximum atomic E-state index is 12.5. The molecule has 300 valence electrons. The van der Waals surface area contributed by atoms with Crippen LogP contribution in [0.15, 0.2) is 36.5 Å². The number of hydrogen-bond acceptors (Lipinski definition) is 4. The van der Waals surface area contributed by atoms with E-state index in [9.17, 15) is 22.9 Å². The lowest BCUT2D eigenvalue weighted by Crippen LogP contribution is -2.46. The molecule has 3 N–H and O–H groups in total. The number of hydrogen-bond donors (Lipinski definition) is 3. The van der Waals surface area contributed by atoms with E-state index < -0.39 is 28.0 Å². The van der Waals surface area contributed by atoms with Crippen LogP contribution >= 0.6 is 0 Å². The van der Waals surface area contributed by atoms with Crippen LogP contribution in [-0.4, -0.2) is 41.9 Å². The van der Waals surface area contributed by atoms with E-state index in [4.69, 9.17) is 0 Å². The van der Waals surface area contributed by atoms with E-state index in [-0.39, 0.29) is 12.3 Å². The number of carbonyl (C=O) groups excluding carboxylic acids is 1. The van der Waals surface area contributed by atoms with Gasteiger partial charge in [0.2, 0.25) is 5.91 Å². The summed E-state index contributed by atoms with van der Waals surface area (Å²) in [4.78, 5) is 12.5. The van der Waals surface area contributed by atoms with Crippen LogP contribution in [0, 0.1) is 0 Å².